The number of piperazine rings is 1. The van der Waals surface area contributed by atoms with E-state index in [0.29, 0.717) is 18.0 Å². The third kappa shape index (κ3) is 5.83. The highest BCUT2D eigenvalue weighted by molar-refractivity contribution is 5.96. The fourth-order valence-electron chi connectivity index (χ4n) is 5.32. The number of aliphatic hydroxyl groups is 1. The molecule has 1 atom stereocenters. The van der Waals surface area contributed by atoms with Gasteiger partial charge >= 0.3 is 0 Å². The van der Waals surface area contributed by atoms with Gasteiger partial charge < -0.3 is 14.7 Å². The van der Waals surface area contributed by atoms with Crippen molar-refractivity contribution in [3.8, 4) is 28.1 Å². The molecule has 0 aliphatic carbocycles. The van der Waals surface area contributed by atoms with Gasteiger partial charge in [0.05, 0.1) is 16.9 Å². The van der Waals surface area contributed by atoms with Gasteiger partial charge in [-0.15, -0.1) is 0 Å². The van der Waals surface area contributed by atoms with Gasteiger partial charge in [0.2, 0.25) is 0 Å². The number of halogens is 1. The first-order valence-electron chi connectivity index (χ1n) is 13.7. The van der Waals surface area contributed by atoms with Crippen molar-refractivity contribution in [3.63, 3.8) is 0 Å². The smallest absolute Gasteiger partial charge is 0.146 e. The molecule has 1 fully saturated rings. The van der Waals surface area contributed by atoms with Crippen molar-refractivity contribution in [2.45, 2.75) is 6.10 Å². The maximum atomic E-state index is 14.1. The molecular formula is C34H32FN3O2. The number of rotatable bonds is 8. The molecule has 0 amide bonds. The van der Waals surface area contributed by atoms with Crippen LogP contribution in [0, 0.1) is 5.82 Å². The van der Waals surface area contributed by atoms with Crippen molar-refractivity contribution in [2.75, 3.05) is 44.2 Å². The van der Waals surface area contributed by atoms with E-state index in [9.17, 15) is 9.50 Å². The largest absolute Gasteiger partial charge is 0.491 e. The van der Waals surface area contributed by atoms with Gasteiger partial charge in [-0.05, 0) is 59.7 Å². The third-order valence-electron chi connectivity index (χ3n) is 7.43. The number of β-amino-alcohol motifs (C(OH)–C–C–N with tert-alkyl or cyclic N) is 1. The van der Waals surface area contributed by atoms with Crippen LogP contribution in [0.4, 0.5) is 10.1 Å². The zero-order valence-corrected chi connectivity index (χ0v) is 22.3. The minimum atomic E-state index is -0.615. The second-order valence-electron chi connectivity index (χ2n) is 10.2. The molecule has 5 nitrogen and oxygen atoms in total. The molecule has 6 rings (SSSR count). The quantitative estimate of drug-likeness (QED) is 0.255. The van der Waals surface area contributed by atoms with E-state index in [1.165, 1.54) is 6.07 Å². The molecule has 1 unspecified atom stereocenters. The van der Waals surface area contributed by atoms with Crippen molar-refractivity contribution < 1.29 is 14.2 Å². The van der Waals surface area contributed by atoms with Gasteiger partial charge in [0, 0.05) is 43.7 Å². The van der Waals surface area contributed by atoms with Crippen LogP contribution >= 0.6 is 0 Å². The number of para-hydroxylation sites is 2. The van der Waals surface area contributed by atoms with E-state index in [2.05, 4.69) is 46.2 Å². The number of nitrogens with zero attached hydrogens (tertiary/aromatic N) is 3. The SMILES string of the molecule is OC(COc1ccc(-c2cc(-c3ccccc3)c3ccccc3n2)cc1)CN1CCN(c2ccccc2F)CC1. The molecule has 0 radical (unpaired) electrons. The highest BCUT2D eigenvalue weighted by atomic mass is 19.1. The number of fused-ring (bicyclic) bond motifs is 1. The summed E-state index contributed by atoms with van der Waals surface area (Å²) < 4.78 is 20.0. The zero-order valence-electron chi connectivity index (χ0n) is 22.3. The van der Waals surface area contributed by atoms with Gasteiger partial charge in [0.25, 0.3) is 0 Å². The van der Waals surface area contributed by atoms with E-state index >= 15 is 0 Å². The van der Waals surface area contributed by atoms with Crippen molar-refractivity contribution in [3.05, 3.63) is 115 Å². The summed E-state index contributed by atoms with van der Waals surface area (Å²) in [4.78, 5) is 9.18. The van der Waals surface area contributed by atoms with E-state index in [1.807, 2.05) is 60.7 Å². The van der Waals surface area contributed by atoms with Crippen molar-refractivity contribution in [2.24, 2.45) is 0 Å². The van der Waals surface area contributed by atoms with Gasteiger partial charge in [0.15, 0.2) is 0 Å². The number of pyridine rings is 1. The predicted molar refractivity (Wildman–Crippen MR) is 159 cm³/mol. The Labute approximate surface area is 234 Å². The normalized spacial score (nSPS) is 14.8. The van der Waals surface area contributed by atoms with Crippen LogP contribution in [-0.2, 0) is 0 Å². The first-order chi connectivity index (χ1) is 19.6. The first kappa shape index (κ1) is 26.0. The van der Waals surface area contributed by atoms with Crippen LogP contribution in [0.2, 0.25) is 0 Å². The van der Waals surface area contributed by atoms with Crippen LogP contribution in [0.3, 0.4) is 0 Å². The van der Waals surface area contributed by atoms with Crippen LogP contribution in [-0.4, -0.2) is 60.4 Å². The number of ether oxygens (including phenoxy) is 1. The minimum Gasteiger partial charge on any atom is -0.491 e. The van der Waals surface area contributed by atoms with E-state index in [0.717, 1.165) is 59.5 Å². The molecule has 0 spiro atoms. The number of hydrogen-bond acceptors (Lipinski definition) is 5. The average molecular weight is 534 g/mol. The topological polar surface area (TPSA) is 48.8 Å². The molecule has 5 aromatic rings. The van der Waals surface area contributed by atoms with E-state index in [4.69, 9.17) is 9.72 Å². The molecule has 1 aromatic heterocycles. The van der Waals surface area contributed by atoms with Gasteiger partial charge in [0.1, 0.15) is 24.3 Å². The lowest BCUT2D eigenvalue weighted by atomic mass is 9.98. The number of aliphatic hydroxyl groups excluding tert-OH is 1. The van der Waals surface area contributed by atoms with Crippen LogP contribution < -0.4 is 9.64 Å². The Kier molecular flexibility index (Phi) is 7.71. The van der Waals surface area contributed by atoms with Crippen molar-refractivity contribution >= 4 is 16.6 Å². The fraction of sp³-hybridized carbons (Fsp3) is 0.206. The monoisotopic (exact) mass is 533 g/mol. The Morgan fingerprint density at radius 3 is 2.25 bits per heavy atom. The Hall–Kier alpha value is -4.26. The Balaban J connectivity index is 1.06. The van der Waals surface area contributed by atoms with Crippen LogP contribution in [0.1, 0.15) is 0 Å². The summed E-state index contributed by atoms with van der Waals surface area (Å²) in [6, 6.07) is 35.5. The summed E-state index contributed by atoms with van der Waals surface area (Å²) in [6.07, 6.45) is -0.615. The molecular weight excluding hydrogens is 501 g/mol. The Bertz CT molecular complexity index is 1570. The minimum absolute atomic E-state index is 0.191. The van der Waals surface area contributed by atoms with Gasteiger partial charge in [-0.25, -0.2) is 9.37 Å². The van der Waals surface area contributed by atoms with Gasteiger partial charge in [-0.3, -0.25) is 4.90 Å². The Morgan fingerprint density at radius 2 is 1.48 bits per heavy atom. The fourth-order valence-corrected chi connectivity index (χ4v) is 5.32. The summed E-state index contributed by atoms with van der Waals surface area (Å²) in [7, 11) is 0. The molecule has 4 aromatic carbocycles. The first-order valence-corrected chi connectivity index (χ1v) is 13.7. The molecule has 0 bridgehead atoms. The summed E-state index contributed by atoms with van der Waals surface area (Å²) >= 11 is 0. The van der Waals surface area contributed by atoms with Crippen molar-refractivity contribution in [1.29, 1.82) is 0 Å². The molecule has 202 valence electrons. The van der Waals surface area contributed by atoms with Crippen molar-refractivity contribution in [1.82, 2.24) is 9.88 Å². The standard InChI is InChI=1S/C34H32FN3O2/c35-31-11-5-7-13-34(31)38-20-18-37(19-21-38)23-27(39)24-40-28-16-14-26(15-17-28)33-22-30(25-8-2-1-3-9-25)29-10-4-6-12-32(29)36-33/h1-17,22,27,39H,18-21,23-24H2. The molecule has 6 heteroatoms. The highest BCUT2D eigenvalue weighted by Crippen LogP contribution is 2.32. The van der Waals surface area contributed by atoms with Crippen LogP contribution in [0.15, 0.2) is 109 Å². The van der Waals surface area contributed by atoms with E-state index < -0.39 is 6.10 Å². The van der Waals surface area contributed by atoms with Gasteiger partial charge in [-0.1, -0.05) is 60.7 Å². The molecule has 1 aliphatic heterocycles. The van der Waals surface area contributed by atoms with Crippen LogP contribution in [0.25, 0.3) is 33.3 Å². The maximum absolute atomic E-state index is 14.1. The molecule has 1 N–H and O–H groups in total. The second kappa shape index (κ2) is 11.9. The summed E-state index contributed by atoms with van der Waals surface area (Å²) in [5.41, 5.74) is 5.81. The maximum Gasteiger partial charge on any atom is 0.146 e. The lowest BCUT2D eigenvalue weighted by Gasteiger charge is -2.36. The lowest BCUT2D eigenvalue weighted by molar-refractivity contribution is 0.0663. The molecule has 1 saturated heterocycles. The summed E-state index contributed by atoms with van der Waals surface area (Å²) in [6.45, 7) is 3.72. The highest BCUT2D eigenvalue weighted by Gasteiger charge is 2.21. The Morgan fingerprint density at radius 1 is 0.775 bits per heavy atom. The molecule has 1 aliphatic rings. The number of anilines is 1. The molecule has 0 saturated carbocycles. The molecule has 40 heavy (non-hydrogen) atoms. The van der Waals surface area contributed by atoms with Gasteiger partial charge in [-0.2, -0.15) is 0 Å². The average Bonchev–Trinajstić information content (AvgIpc) is 3.01. The summed E-state index contributed by atoms with van der Waals surface area (Å²) in [5, 5.41) is 11.7. The summed E-state index contributed by atoms with van der Waals surface area (Å²) in [5.74, 6) is 0.514. The molecule has 2 heterocycles. The van der Waals surface area contributed by atoms with E-state index in [-0.39, 0.29) is 12.4 Å². The lowest BCUT2D eigenvalue weighted by Crippen LogP contribution is -2.49. The number of aromatic nitrogens is 1. The zero-order chi connectivity index (χ0) is 27.3. The number of benzene rings is 4. The van der Waals surface area contributed by atoms with E-state index in [1.54, 1.807) is 6.07 Å². The third-order valence-corrected chi connectivity index (χ3v) is 7.43. The van der Waals surface area contributed by atoms with Crippen LogP contribution in [0.5, 0.6) is 5.75 Å². The predicted octanol–water partition coefficient (Wildman–Crippen LogP) is 6.27. The second-order valence-corrected chi connectivity index (χ2v) is 10.2. The number of hydrogen-bond donors (Lipinski definition) is 1.